The van der Waals surface area contributed by atoms with Crippen molar-refractivity contribution in [1.82, 2.24) is 20.2 Å². The van der Waals surface area contributed by atoms with Crippen LogP contribution in [0.15, 0.2) is 60.8 Å². The maximum atomic E-state index is 13.0. The van der Waals surface area contributed by atoms with E-state index in [2.05, 4.69) is 15.3 Å². The zero-order chi connectivity index (χ0) is 23.2. The van der Waals surface area contributed by atoms with Crippen molar-refractivity contribution in [2.75, 3.05) is 13.1 Å². The van der Waals surface area contributed by atoms with E-state index in [4.69, 9.17) is 0 Å². The third-order valence-electron chi connectivity index (χ3n) is 5.95. The van der Waals surface area contributed by atoms with E-state index in [0.717, 1.165) is 30.5 Å². The van der Waals surface area contributed by atoms with Crippen LogP contribution in [0, 0.1) is 12.7 Å². The van der Waals surface area contributed by atoms with E-state index < -0.39 is 0 Å². The number of nitrogens with zero attached hydrogens (tertiary/aromatic N) is 3. The Bertz CT molecular complexity index is 1120. The van der Waals surface area contributed by atoms with Crippen LogP contribution in [0.25, 0.3) is 0 Å². The second-order valence-electron chi connectivity index (χ2n) is 8.38. The average molecular weight is 447 g/mol. The highest BCUT2D eigenvalue weighted by Gasteiger charge is 2.27. The molecule has 2 amide bonds. The molecule has 1 atom stereocenters. The van der Waals surface area contributed by atoms with Crippen LogP contribution in [0.4, 0.5) is 4.39 Å². The first-order valence-electron chi connectivity index (χ1n) is 11.2. The van der Waals surface area contributed by atoms with Crippen LogP contribution in [-0.4, -0.2) is 39.8 Å². The van der Waals surface area contributed by atoms with Crippen LogP contribution in [-0.2, 0) is 17.8 Å². The van der Waals surface area contributed by atoms with Gasteiger partial charge >= 0.3 is 0 Å². The predicted octanol–water partition coefficient (Wildman–Crippen LogP) is 3.80. The van der Waals surface area contributed by atoms with Gasteiger partial charge in [0.2, 0.25) is 5.91 Å². The van der Waals surface area contributed by atoms with Gasteiger partial charge in [-0.05, 0) is 43.0 Å². The van der Waals surface area contributed by atoms with Crippen LogP contribution in [0.5, 0.6) is 0 Å². The van der Waals surface area contributed by atoms with Gasteiger partial charge in [0.15, 0.2) is 0 Å². The van der Waals surface area contributed by atoms with Crippen LogP contribution in [0.2, 0.25) is 0 Å². The summed E-state index contributed by atoms with van der Waals surface area (Å²) >= 11 is 0. The van der Waals surface area contributed by atoms with Gasteiger partial charge in [-0.1, -0.05) is 42.5 Å². The van der Waals surface area contributed by atoms with Gasteiger partial charge in [0.1, 0.15) is 11.6 Å². The monoisotopic (exact) mass is 446 g/mol. The normalized spacial score (nSPS) is 15.8. The summed E-state index contributed by atoms with van der Waals surface area (Å²) in [5, 5.41) is 2.83. The molecule has 1 aliphatic heterocycles. The minimum atomic E-state index is -0.312. The number of nitrogens with one attached hydrogen (secondary N) is 1. The first-order chi connectivity index (χ1) is 16.0. The fraction of sp³-hybridized carbons (Fsp3) is 0.308. The van der Waals surface area contributed by atoms with E-state index in [9.17, 15) is 14.0 Å². The molecule has 7 heteroatoms. The van der Waals surface area contributed by atoms with E-state index in [-0.39, 0.29) is 23.5 Å². The molecule has 1 fully saturated rings. The summed E-state index contributed by atoms with van der Waals surface area (Å²) < 4.78 is 13.0. The lowest BCUT2D eigenvalue weighted by Crippen LogP contribution is -2.40. The Balaban J connectivity index is 1.37. The first kappa shape index (κ1) is 22.6. The van der Waals surface area contributed by atoms with Gasteiger partial charge in [-0.3, -0.25) is 9.59 Å². The molecule has 0 radical (unpaired) electrons. The molecule has 33 heavy (non-hydrogen) atoms. The van der Waals surface area contributed by atoms with E-state index in [1.807, 2.05) is 35.2 Å². The minimum absolute atomic E-state index is 0.0495. The van der Waals surface area contributed by atoms with Crippen LogP contribution >= 0.6 is 0 Å². The molecule has 4 rings (SSSR count). The quantitative estimate of drug-likeness (QED) is 0.625. The molecule has 1 saturated heterocycles. The second-order valence-corrected chi connectivity index (χ2v) is 8.38. The third kappa shape index (κ3) is 5.80. The number of hydrogen-bond donors (Lipinski definition) is 1. The highest BCUT2D eigenvalue weighted by Crippen LogP contribution is 2.25. The highest BCUT2D eigenvalue weighted by molar-refractivity contribution is 5.94. The van der Waals surface area contributed by atoms with Gasteiger partial charge in [0, 0.05) is 31.7 Å². The standard InChI is InChI=1S/C26H27FN4O2/c1-18-23(26(33)29-15-20-9-11-22(27)12-10-20)16-28-25(30-18)21-8-5-13-31(17-21)24(32)14-19-6-3-2-4-7-19/h2-4,6-7,9-12,16,21H,5,8,13-15,17H2,1H3,(H,29,33)/t21-/m0/s1. The third-order valence-corrected chi connectivity index (χ3v) is 5.95. The molecule has 0 aliphatic carbocycles. The molecule has 2 heterocycles. The fourth-order valence-corrected chi connectivity index (χ4v) is 4.08. The fourth-order valence-electron chi connectivity index (χ4n) is 4.08. The van der Waals surface area contributed by atoms with Crippen molar-refractivity contribution < 1.29 is 14.0 Å². The van der Waals surface area contributed by atoms with Crippen molar-refractivity contribution in [3.8, 4) is 0 Å². The maximum absolute atomic E-state index is 13.0. The van der Waals surface area contributed by atoms with Crippen LogP contribution in [0.1, 0.15) is 51.8 Å². The summed E-state index contributed by atoms with van der Waals surface area (Å²) in [7, 11) is 0. The number of piperidine rings is 1. The lowest BCUT2D eigenvalue weighted by atomic mass is 9.96. The number of carbonyl (C=O) groups excluding carboxylic acids is 2. The molecule has 170 valence electrons. The number of amides is 2. The van der Waals surface area contributed by atoms with E-state index in [1.54, 1.807) is 25.3 Å². The molecule has 1 N–H and O–H groups in total. The molecule has 6 nitrogen and oxygen atoms in total. The van der Waals surface area contributed by atoms with E-state index >= 15 is 0 Å². The first-order valence-corrected chi connectivity index (χ1v) is 11.2. The number of aryl methyl sites for hydroxylation is 1. The predicted molar refractivity (Wildman–Crippen MR) is 123 cm³/mol. The summed E-state index contributed by atoms with van der Waals surface area (Å²) in [5.41, 5.74) is 2.83. The highest BCUT2D eigenvalue weighted by atomic mass is 19.1. The van der Waals surface area contributed by atoms with Crippen molar-refractivity contribution in [3.63, 3.8) is 0 Å². The van der Waals surface area contributed by atoms with E-state index in [0.29, 0.717) is 36.6 Å². The van der Waals surface area contributed by atoms with Gasteiger partial charge in [-0.2, -0.15) is 0 Å². The number of rotatable bonds is 6. The van der Waals surface area contributed by atoms with Crippen LogP contribution < -0.4 is 5.32 Å². The number of likely N-dealkylation sites (tertiary alicyclic amines) is 1. The molecule has 1 aromatic heterocycles. The number of benzene rings is 2. The summed E-state index contributed by atoms with van der Waals surface area (Å²) in [5.74, 6) is 0.243. The Hall–Kier alpha value is -3.61. The van der Waals surface area contributed by atoms with Crippen molar-refractivity contribution in [3.05, 3.63) is 94.8 Å². The molecule has 0 saturated carbocycles. The average Bonchev–Trinajstić information content (AvgIpc) is 2.84. The lowest BCUT2D eigenvalue weighted by molar-refractivity contribution is -0.131. The zero-order valence-electron chi connectivity index (χ0n) is 18.6. The number of carbonyl (C=O) groups is 2. The summed E-state index contributed by atoms with van der Waals surface area (Å²) in [4.78, 5) is 36.3. The molecule has 0 unspecified atom stereocenters. The van der Waals surface area contributed by atoms with Gasteiger partial charge in [-0.15, -0.1) is 0 Å². The molecular formula is C26H27FN4O2. The van der Waals surface area contributed by atoms with Crippen molar-refractivity contribution in [1.29, 1.82) is 0 Å². The number of aromatic nitrogens is 2. The minimum Gasteiger partial charge on any atom is -0.348 e. The molecule has 3 aromatic rings. The molecular weight excluding hydrogens is 419 g/mol. The van der Waals surface area contributed by atoms with Gasteiger partial charge in [0.25, 0.3) is 5.91 Å². The van der Waals surface area contributed by atoms with Crippen molar-refractivity contribution in [2.24, 2.45) is 0 Å². The molecule has 1 aliphatic rings. The topological polar surface area (TPSA) is 75.2 Å². The summed E-state index contributed by atoms with van der Waals surface area (Å²) in [6.45, 7) is 3.41. The number of halogens is 1. The van der Waals surface area contributed by atoms with Crippen molar-refractivity contribution >= 4 is 11.8 Å². The van der Waals surface area contributed by atoms with Crippen molar-refractivity contribution in [2.45, 2.75) is 38.6 Å². The number of hydrogen-bond acceptors (Lipinski definition) is 4. The molecule has 0 spiro atoms. The second kappa shape index (κ2) is 10.3. The van der Waals surface area contributed by atoms with Gasteiger partial charge < -0.3 is 10.2 Å². The Labute approximate surface area is 192 Å². The van der Waals surface area contributed by atoms with Gasteiger partial charge in [-0.25, -0.2) is 14.4 Å². The lowest BCUT2D eigenvalue weighted by Gasteiger charge is -2.32. The van der Waals surface area contributed by atoms with Crippen LogP contribution in [0.3, 0.4) is 0 Å². The molecule has 0 bridgehead atoms. The summed E-state index contributed by atoms with van der Waals surface area (Å²) in [6, 6.07) is 15.7. The maximum Gasteiger partial charge on any atom is 0.254 e. The summed E-state index contributed by atoms with van der Waals surface area (Å²) in [6.07, 6.45) is 3.75. The van der Waals surface area contributed by atoms with E-state index in [1.165, 1.54) is 12.1 Å². The Morgan fingerprint density at radius 1 is 1.09 bits per heavy atom. The molecule has 2 aromatic carbocycles. The zero-order valence-corrected chi connectivity index (χ0v) is 18.6. The van der Waals surface area contributed by atoms with Gasteiger partial charge in [0.05, 0.1) is 17.7 Å². The Morgan fingerprint density at radius 3 is 2.58 bits per heavy atom. The smallest absolute Gasteiger partial charge is 0.254 e. The largest absolute Gasteiger partial charge is 0.348 e. The SMILES string of the molecule is Cc1nc([C@H]2CCCN(C(=O)Cc3ccccc3)C2)ncc1C(=O)NCc1ccc(F)cc1. The Morgan fingerprint density at radius 2 is 1.85 bits per heavy atom. The Kier molecular flexibility index (Phi) is 7.07.